The number of carbonyl (C=O) groups is 1. The van der Waals surface area contributed by atoms with Crippen LogP contribution in [0.1, 0.15) is 12.0 Å². The maximum atomic E-state index is 12.0. The summed E-state index contributed by atoms with van der Waals surface area (Å²) in [5.74, 6) is 0.238. The molecule has 3 rings (SSSR count). The van der Waals surface area contributed by atoms with Gasteiger partial charge in [-0.25, -0.2) is 0 Å². The predicted octanol–water partition coefficient (Wildman–Crippen LogP) is 1.53. The Kier molecular flexibility index (Phi) is 3.25. The fourth-order valence-corrected chi connectivity index (χ4v) is 2.82. The summed E-state index contributed by atoms with van der Waals surface area (Å²) in [7, 11) is 1.85. The number of aromatic nitrogens is 1. The molecule has 19 heavy (non-hydrogen) atoms. The van der Waals surface area contributed by atoms with Gasteiger partial charge in [-0.15, -0.1) is 0 Å². The molecule has 1 fully saturated rings. The highest BCUT2D eigenvalue weighted by atomic mass is 16.2. The van der Waals surface area contributed by atoms with Gasteiger partial charge in [0.15, 0.2) is 0 Å². The van der Waals surface area contributed by atoms with Crippen molar-refractivity contribution < 1.29 is 4.79 Å². The molecule has 1 aliphatic rings. The summed E-state index contributed by atoms with van der Waals surface area (Å²) in [4.78, 5) is 17.3. The van der Waals surface area contributed by atoms with Crippen molar-refractivity contribution in [3.63, 3.8) is 0 Å². The lowest BCUT2D eigenvalue weighted by Crippen LogP contribution is -2.37. The molecule has 0 spiro atoms. The molecule has 1 aromatic heterocycles. The molecule has 0 saturated carbocycles. The molecular weight excluding hydrogens is 238 g/mol. The summed E-state index contributed by atoms with van der Waals surface area (Å²) in [5.41, 5.74) is 2.45. The summed E-state index contributed by atoms with van der Waals surface area (Å²) < 4.78 is 0. The minimum Gasteiger partial charge on any atom is -0.361 e. The number of rotatable bonds is 4. The number of benzene rings is 1. The molecule has 1 amide bonds. The highest BCUT2D eigenvalue weighted by Gasteiger charge is 2.29. The van der Waals surface area contributed by atoms with Crippen molar-refractivity contribution in [1.29, 1.82) is 0 Å². The largest absolute Gasteiger partial charge is 0.361 e. The Labute approximate surface area is 112 Å². The predicted molar refractivity (Wildman–Crippen MR) is 76.0 cm³/mol. The zero-order valence-corrected chi connectivity index (χ0v) is 11.1. The third-order valence-corrected chi connectivity index (χ3v) is 3.97. The van der Waals surface area contributed by atoms with E-state index in [0.717, 1.165) is 25.9 Å². The Morgan fingerprint density at radius 2 is 2.26 bits per heavy atom. The maximum absolute atomic E-state index is 12.0. The maximum Gasteiger partial charge on any atom is 0.239 e. The van der Waals surface area contributed by atoms with E-state index in [4.69, 9.17) is 0 Å². The van der Waals surface area contributed by atoms with Gasteiger partial charge in [0, 0.05) is 30.2 Å². The molecule has 4 nitrogen and oxygen atoms in total. The van der Waals surface area contributed by atoms with Crippen LogP contribution < -0.4 is 5.32 Å². The summed E-state index contributed by atoms with van der Waals surface area (Å²) in [6, 6.07) is 8.31. The van der Waals surface area contributed by atoms with Crippen LogP contribution in [0.3, 0.4) is 0 Å². The van der Waals surface area contributed by atoms with E-state index in [1.54, 1.807) is 0 Å². The number of H-pyrrole nitrogens is 1. The third kappa shape index (κ3) is 2.24. The zero-order valence-electron chi connectivity index (χ0n) is 11.1. The average Bonchev–Trinajstić information content (AvgIpc) is 3.00. The number of aromatic amines is 1. The smallest absolute Gasteiger partial charge is 0.239 e. The molecule has 0 aliphatic carbocycles. The van der Waals surface area contributed by atoms with Crippen LogP contribution >= 0.6 is 0 Å². The van der Waals surface area contributed by atoms with Crippen LogP contribution in [-0.4, -0.2) is 42.0 Å². The van der Waals surface area contributed by atoms with Crippen LogP contribution in [-0.2, 0) is 11.2 Å². The SMILES string of the molecule is CNC1CCN(CCc2c[nH]c3ccccc23)C1=O. The van der Waals surface area contributed by atoms with Gasteiger partial charge in [0.2, 0.25) is 5.91 Å². The van der Waals surface area contributed by atoms with E-state index in [1.165, 1.54) is 16.5 Å². The Morgan fingerprint density at radius 3 is 3.05 bits per heavy atom. The molecule has 1 atom stereocenters. The molecule has 2 heterocycles. The number of likely N-dealkylation sites (tertiary alicyclic amines) is 1. The molecule has 1 aliphatic heterocycles. The van der Waals surface area contributed by atoms with Crippen molar-refractivity contribution in [2.75, 3.05) is 20.1 Å². The molecule has 2 aromatic rings. The quantitative estimate of drug-likeness (QED) is 0.872. The Morgan fingerprint density at radius 1 is 1.42 bits per heavy atom. The van der Waals surface area contributed by atoms with Gasteiger partial charge in [0.1, 0.15) is 0 Å². The highest BCUT2D eigenvalue weighted by molar-refractivity contribution is 5.85. The van der Waals surface area contributed by atoms with Gasteiger partial charge in [-0.3, -0.25) is 4.79 Å². The van der Waals surface area contributed by atoms with E-state index in [9.17, 15) is 4.79 Å². The van der Waals surface area contributed by atoms with Crippen LogP contribution in [0.15, 0.2) is 30.5 Å². The number of carbonyl (C=O) groups excluding carboxylic acids is 1. The third-order valence-electron chi connectivity index (χ3n) is 3.97. The van der Waals surface area contributed by atoms with Crippen LogP contribution in [0.25, 0.3) is 10.9 Å². The van der Waals surface area contributed by atoms with Gasteiger partial charge >= 0.3 is 0 Å². The first-order valence-corrected chi connectivity index (χ1v) is 6.80. The number of fused-ring (bicyclic) bond motifs is 1. The molecular formula is C15H19N3O. The van der Waals surface area contributed by atoms with Crippen molar-refractivity contribution in [3.05, 3.63) is 36.0 Å². The Hall–Kier alpha value is -1.81. The topological polar surface area (TPSA) is 48.1 Å². The summed E-state index contributed by atoms with van der Waals surface area (Å²) >= 11 is 0. The fourth-order valence-electron chi connectivity index (χ4n) is 2.82. The van der Waals surface area contributed by atoms with Crippen LogP contribution in [0.4, 0.5) is 0 Å². The minimum atomic E-state index is 0.0166. The summed E-state index contributed by atoms with van der Waals surface area (Å²) in [5, 5.41) is 4.33. The van der Waals surface area contributed by atoms with Crippen LogP contribution in [0, 0.1) is 0 Å². The fraction of sp³-hybridized carbons (Fsp3) is 0.400. The number of likely N-dealkylation sites (N-methyl/N-ethyl adjacent to an activating group) is 1. The normalized spacial score (nSPS) is 19.5. The Balaban J connectivity index is 1.68. The molecule has 0 bridgehead atoms. The van der Waals surface area contributed by atoms with E-state index < -0.39 is 0 Å². The van der Waals surface area contributed by atoms with Gasteiger partial charge in [-0.05, 0) is 31.5 Å². The summed E-state index contributed by atoms with van der Waals surface area (Å²) in [6.45, 7) is 1.67. The van der Waals surface area contributed by atoms with Crippen molar-refractivity contribution in [1.82, 2.24) is 15.2 Å². The van der Waals surface area contributed by atoms with Gasteiger partial charge < -0.3 is 15.2 Å². The van der Waals surface area contributed by atoms with E-state index in [-0.39, 0.29) is 11.9 Å². The second-order valence-electron chi connectivity index (χ2n) is 5.06. The molecule has 2 N–H and O–H groups in total. The number of nitrogens with one attached hydrogen (secondary N) is 2. The number of hydrogen-bond acceptors (Lipinski definition) is 2. The first-order chi connectivity index (χ1) is 9.29. The molecule has 1 aromatic carbocycles. The van der Waals surface area contributed by atoms with Crippen molar-refractivity contribution >= 4 is 16.8 Å². The molecule has 1 saturated heterocycles. The van der Waals surface area contributed by atoms with Crippen LogP contribution in [0.5, 0.6) is 0 Å². The van der Waals surface area contributed by atoms with Gasteiger partial charge in [-0.2, -0.15) is 0 Å². The monoisotopic (exact) mass is 257 g/mol. The second-order valence-corrected chi connectivity index (χ2v) is 5.06. The number of para-hydroxylation sites is 1. The van der Waals surface area contributed by atoms with Crippen molar-refractivity contribution in [2.45, 2.75) is 18.9 Å². The lowest BCUT2D eigenvalue weighted by molar-refractivity contribution is -0.129. The van der Waals surface area contributed by atoms with E-state index in [0.29, 0.717) is 0 Å². The number of amides is 1. The van der Waals surface area contributed by atoms with Crippen LogP contribution in [0.2, 0.25) is 0 Å². The van der Waals surface area contributed by atoms with Gasteiger partial charge in [0.05, 0.1) is 6.04 Å². The minimum absolute atomic E-state index is 0.0166. The lowest BCUT2D eigenvalue weighted by atomic mass is 10.1. The van der Waals surface area contributed by atoms with E-state index in [2.05, 4.69) is 34.7 Å². The first kappa shape index (κ1) is 12.2. The second kappa shape index (κ2) is 5.05. The van der Waals surface area contributed by atoms with E-state index >= 15 is 0 Å². The zero-order chi connectivity index (χ0) is 13.2. The van der Waals surface area contributed by atoms with Crippen molar-refractivity contribution in [2.24, 2.45) is 0 Å². The average molecular weight is 257 g/mol. The first-order valence-electron chi connectivity index (χ1n) is 6.80. The molecule has 1 unspecified atom stereocenters. The highest BCUT2D eigenvalue weighted by Crippen LogP contribution is 2.19. The molecule has 0 radical (unpaired) electrons. The summed E-state index contributed by atoms with van der Waals surface area (Å²) in [6.07, 6.45) is 3.89. The van der Waals surface area contributed by atoms with E-state index in [1.807, 2.05) is 18.0 Å². The lowest BCUT2D eigenvalue weighted by Gasteiger charge is -2.16. The van der Waals surface area contributed by atoms with Crippen molar-refractivity contribution in [3.8, 4) is 0 Å². The van der Waals surface area contributed by atoms with Gasteiger partial charge in [-0.1, -0.05) is 18.2 Å². The standard InChI is InChI=1S/C15H19N3O/c1-16-14-7-9-18(15(14)19)8-6-11-10-17-13-5-3-2-4-12(11)13/h2-5,10,14,16-17H,6-9H2,1H3. The number of hydrogen-bond donors (Lipinski definition) is 2. The van der Waals surface area contributed by atoms with Gasteiger partial charge in [0.25, 0.3) is 0 Å². The Bertz CT molecular complexity index is 590. The molecule has 4 heteroatoms. The number of nitrogens with zero attached hydrogens (tertiary/aromatic N) is 1. The molecule has 100 valence electrons.